The summed E-state index contributed by atoms with van der Waals surface area (Å²) >= 11 is 0. The zero-order chi connectivity index (χ0) is 9.64. The highest BCUT2D eigenvalue weighted by Crippen LogP contribution is 2.34. The average molecular weight is 182 g/mol. The van der Waals surface area contributed by atoms with Crippen molar-refractivity contribution in [2.45, 2.75) is 51.7 Å². The Kier molecular flexibility index (Phi) is 2.16. The third-order valence-corrected chi connectivity index (χ3v) is 3.66. The van der Waals surface area contributed by atoms with Crippen LogP contribution in [0.2, 0.25) is 0 Å². The number of piperazine rings is 1. The molecule has 3 aliphatic rings. The summed E-state index contributed by atoms with van der Waals surface area (Å²) in [6.45, 7) is 13.1. The van der Waals surface area contributed by atoms with Gasteiger partial charge in [0.25, 0.3) is 0 Å². The molecule has 76 valence electrons. The minimum absolute atomic E-state index is 0.372. The molecule has 2 heteroatoms. The Balaban J connectivity index is 1.97. The number of rotatable bonds is 1. The molecule has 3 saturated heterocycles. The highest BCUT2D eigenvalue weighted by atomic mass is 15.4. The van der Waals surface area contributed by atoms with Crippen molar-refractivity contribution in [2.75, 3.05) is 19.6 Å². The van der Waals surface area contributed by atoms with Gasteiger partial charge in [0.1, 0.15) is 0 Å². The van der Waals surface area contributed by atoms with E-state index in [1.165, 1.54) is 26.1 Å². The van der Waals surface area contributed by atoms with Crippen LogP contribution in [0.3, 0.4) is 0 Å². The zero-order valence-corrected chi connectivity index (χ0v) is 9.38. The molecule has 13 heavy (non-hydrogen) atoms. The molecule has 0 amide bonds. The van der Waals surface area contributed by atoms with Gasteiger partial charge in [0.05, 0.1) is 0 Å². The van der Waals surface area contributed by atoms with Crippen LogP contribution in [0.25, 0.3) is 0 Å². The Hall–Kier alpha value is -0.0800. The number of piperidine rings is 1. The van der Waals surface area contributed by atoms with Gasteiger partial charge in [-0.2, -0.15) is 0 Å². The SMILES string of the molecule is CCN1C2CC1CN(C(C)(C)C)C2. The monoisotopic (exact) mass is 182 g/mol. The van der Waals surface area contributed by atoms with Crippen molar-refractivity contribution in [3.8, 4) is 0 Å². The predicted molar refractivity (Wildman–Crippen MR) is 55.9 cm³/mol. The summed E-state index contributed by atoms with van der Waals surface area (Å²) in [7, 11) is 0. The highest BCUT2D eigenvalue weighted by molar-refractivity contribution is 5.02. The first-order chi connectivity index (χ1) is 6.02. The molecule has 2 nitrogen and oxygen atoms in total. The van der Waals surface area contributed by atoms with Crippen molar-refractivity contribution in [3.63, 3.8) is 0 Å². The van der Waals surface area contributed by atoms with Gasteiger partial charge >= 0.3 is 0 Å². The first-order valence-corrected chi connectivity index (χ1v) is 5.53. The molecule has 3 fully saturated rings. The predicted octanol–water partition coefficient (Wildman–Crippen LogP) is 1.56. The summed E-state index contributed by atoms with van der Waals surface area (Å²) in [5, 5.41) is 0. The molecule has 2 bridgehead atoms. The van der Waals surface area contributed by atoms with E-state index in [9.17, 15) is 0 Å². The molecule has 3 rings (SSSR count). The van der Waals surface area contributed by atoms with Gasteiger partial charge in [-0.05, 0) is 33.7 Å². The van der Waals surface area contributed by atoms with Crippen molar-refractivity contribution in [1.82, 2.24) is 9.80 Å². The van der Waals surface area contributed by atoms with Crippen molar-refractivity contribution >= 4 is 0 Å². The van der Waals surface area contributed by atoms with Gasteiger partial charge in [-0.1, -0.05) is 6.92 Å². The zero-order valence-electron chi connectivity index (χ0n) is 9.38. The lowest BCUT2D eigenvalue weighted by molar-refractivity contribution is -0.0917. The van der Waals surface area contributed by atoms with E-state index >= 15 is 0 Å². The highest BCUT2D eigenvalue weighted by Gasteiger charge is 2.45. The summed E-state index contributed by atoms with van der Waals surface area (Å²) in [5.41, 5.74) is 0.372. The van der Waals surface area contributed by atoms with Crippen LogP contribution in [0.5, 0.6) is 0 Å². The van der Waals surface area contributed by atoms with Crippen molar-refractivity contribution < 1.29 is 0 Å². The molecule has 0 radical (unpaired) electrons. The van der Waals surface area contributed by atoms with Crippen molar-refractivity contribution in [2.24, 2.45) is 0 Å². The van der Waals surface area contributed by atoms with Crippen molar-refractivity contribution in [3.05, 3.63) is 0 Å². The maximum atomic E-state index is 2.66. The van der Waals surface area contributed by atoms with Gasteiger partial charge in [0.15, 0.2) is 0 Å². The van der Waals surface area contributed by atoms with Crippen LogP contribution >= 0.6 is 0 Å². The smallest absolute Gasteiger partial charge is 0.0242 e. The third kappa shape index (κ3) is 1.50. The van der Waals surface area contributed by atoms with E-state index in [0.717, 1.165) is 12.1 Å². The summed E-state index contributed by atoms with van der Waals surface area (Å²) in [4.78, 5) is 5.29. The molecule has 0 saturated carbocycles. The third-order valence-electron chi connectivity index (χ3n) is 3.66. The Morgan fingerprint density at radius 1 is 1.15 bits per heavy atom. The molecule has 3 heterocycles. The van der Waals surface area contributed by atoms with E-state index < -0.39 is 0 Å². The van der Waals surface area contributed by atoms with E-state index in [0.29, 0.717) is 5.54 Å². The number of hydrogen-bond donors (Lipinski definition) is 0. The lowest BCUT2D eigenvalue weighted by Crippen LogP contribution is -2.70. The molecule has 0 aromatic carbocycles. The van der Waals surface area contributed by atoms with E-state index in [-0.39, 0.29) is 0 Å². The molecule has 3 aliphatic heterocycles. The minimum Gasteiger partial charge on any atom is -0.295 e. The van der Waals surface area contributed by atoms with Crippen LogP contribution < -0.4 is 0 Å². The molecule has 2 atom stereocenters. The molecule has 0 N–H and O–H groups in total. The minimum atomic E-state index is 0.372. The van der Waals surface area contributed by atoms with E-state index in [1.807, 2.05) is 0 Å². The Labute approximate surface area is 81.9 Å². The van der Waals surface area contributed by atoms with Crippen LogP contribution in [-0.2, 0) is 0 Å². The van der Waals surface area contributed by atoms with Gasteiger partial charge < -0.3 is 0 Å². The molecular formula is C11H22N2. The molecule has 0 aromatic rings. The summed E-state index contributed by atoms with van der Waals surface area (Å²) in [5.74, 6) is 0. The lowest BCUT2D eigenvalue weighted by atomic mass is 9.85. The van der Waals surface area contributed by atoms with Gasteiger partial charge in [0, 0.05) is 30.7 Å². The van der Waals surface area contributed by atoms with Crippen LogP contribution in [-0.4, -0.2) is 47.1 Å². The molecule has 0 spiro atoms. The van der Waals surface area contributed by atoms with Gasteiger partial charge in [-0.3, -0.25) is 9.80 Å². The Morgan fingerprint density at radius 3 is 2.08 bits per heavy atom. The van der Waals surface area contributed by atoms with Gasteiger partial charge in [0.2, 0.25) is 0 Å². The van der Waals surface area contributed by atoms with Crippen LogP contribution in [0, 0.1) is 0 Å². The molecule has 2 unspecified atom stereocenters. The Bertz CT molecular complexity index is 183. The molecular weight excluding hydrogens is 160 g/mol. The van der Waals surface area contributed by atoms with E-state index in [2.05, 4.69) is 37.5 Å². The maximum Gasteiger partial charge on any atom is 0.0242 e. The maximum absolute atomic E-state index is 2.66. The standard InChI is InChI=1S/C11H22N2/c1-5-13-9-6-10(13)8-12(7-9)11(2,3)4/h9-10H,5-8H2,1-4H3. The quantitative estimate of drug-likeness (QED) is 0.607. The first kappa shape index (κ1) is 9.47. The van der Waals surface area contributed by atoms with Gasteiger partial charge in [-0.25, -0.2) is 0 Å². The molecule has 0 aliphatic carbocycles. The number of likely N-dealkylation sites (N-methyl/N-ethyl adjacent to an activating group) is 1. The van der Waals surface area contributed by atoms with E-state index in [4.69, 9.17) is 0 Å². The number of nitrogens with zero attached hydrogens (tertiary/aromatic N) is 2. The van der Waals surface area contributed by atoms with Crippen LogP contribution in [0.15, 0.2) is 0 Å². The fourth-order valence-electron chi connectivity index (χ4n) is 2.75. The second-order valence-corrected chi connectivity index (χ2v) is 5.45. The fourth-order valence-corrected chi connectivity index (χ4v) is 2.75. The second-order valence-electron chi connectivity index (χ2n) is 5.45. The molecule has 0 aromatic heterocycles. The summed E-state index contributed by atoms with van der Waals surface area (Å²) < 4.78 is 0. The largest absolute Gasteiger partial charge is 0.295 e. The summed E-state index contributed by atoms with van der Waals surface area (Å²) in [6, 6.07) is 1.73. The lowest BCUT2D eigenvalue weighted by Gasteiger charge is -2.59. The summed E-state index contributed by atoms with van der Waals surface area (Å²) in [6.07, 6.45) is 1.44. The van der Waals surface area contributed by atoms with Crippen molar-refractivity contribution in [1.29, 1.82) is 0 Å². The van der Waals surface area contributed by atoms with Crippen LogP contribution in [0.4, 0.5) is 0 Å². The Morgan fingerprint density at radius 2 is 1.69 bits per heavy atom. The number of fused-ring (bicyclic) bond motifs is 2. The average Bonchev–Trinajstić information content (AvgIpc) is 2.03. The fraction of sp³-hybridized carbons (Fsp3) is 1.00. The van der Waals surface area contributed by atoms with E-state index in [1.54, 1.807) is 0 Å². The first-order valence-electron chi connectivity index (χ1n) is 5.53. The topological polar surface area (TPSA) is 6.48 Å². The second kappa shape index (κ2) is 2.96. The normalized spacial score (nSPS) is 36.0. The van der Waals surface area contributed by atoms with Gasteiger partial charge in [-0.15, -0.1) is 0 Å². The number of hydrogen-bond acceptors (Lipinski definition) is 2. The van der Waals surface area contributed by atoms with Crippen LogP contribution in [0.1, 0.15) is 34.1 Å².